The van der Waals surface area contributed by atoms with Gasteiger partial charge in [-0.3, -0.25) is 9.79 Å². The number of nitrogens with zero attached hydrogens (tertiary/aromatic N) is 2. The molecular formula is C34H36Cl2N2O3. The highest BCUT2D eigenvalue weighted by Gasteiger charge is 2.37. The molecular weight excluding hydrogens is 555 g/mol. The number of carboxylic acids is 1. The fourth-order valence-electron chi connectivity index (χ4n) is 5.58. The Morgan fingerprint density at radius 2 is 1.66 bits per heavy atom. The highest BCUT2D eigenvalue weighted by molar-refractivity contribution is 6.24. The number of rotatable bonds is 11. The molecule has 0 aromatic heterocycles. The van der Waals surface area contributed by atoms with Crippen molar-refractivity contribution in [2.75, 3.05) is 13.2 Å². The molecule has 4 atom stereocenters. The van der Waals surface area contributed by atoms with Crippen molar-refractivity contribution in [3.63, 3.8) is 0 Å². The highest BCUT2D eigenvalue weighted by atomic mass is 35.5. The van der Waals surface area contributed by atoms with E-state index in [9.17, 15) is 4.79 Å². The van der Waals surface area contributed by atoms with Crippen LogP contribution < -0.4 is 4.74 Å². The molecule has 0 saturated heterocycles. The molecule has 3 aromatic carbocycles. The highest BCUT2D eigenvalue weighted by Crippen LogP contribution is 2.37. The van der Waals surface area contributed by atoms with E-state index in [1.165, 1.54) is 5.56 Å². The van der Waals surface area contributed by atoms with Crippen LogP contribution in [0, 0.1) is 5.92 Å². The molecule has 0 spiro atoms. The average Bonchev–Trinajstić information content (AvgIpc) is 3.37. The quantitative estimate of drug-likeness (QED) is 0.182. The summed E-state index contributed by atoms with van der Waals surface area (Å²) in [5, 5.41) is 8.98. The molecule has 0 amide bonds. The molecule has 1 saturated carbocycles. The number of carboxylic acid groups (broad SMARTS) is 1. The number of hydrogen-bond donors (Lipinski definition) is 1. The number of alkyl halides is 2. The Hall–Kier alpha value is -3.28. The van der Waals surface area contributed by atoms with E-state index in [-0.39, 0.29) is 23.2 Å². The van der Waals surface area contributed by atoms with Gasteiger partial charge in [0.15, 0.2) is 0 Å². The largest absolute Gasteiger partial charge is 0.494 e. The predicted octanol–water partition coefficient (Wildman–Crippen LogP) is 7.91. The Morgan fingerprint density at radius 3 is 2.34 bits per heavy atom. The van der Waals surface area contributed by atoms with Crippen LogP contribution in [0.1, 0.15) is 43.2 Å². The standard InChI is InChI=1S/C34H36Cl2N2O3/c35-28-15-18-30(31(36)21-28)32-23-38(22-25-5-2-1-3-6-25)33(37-32)19-10-24-8-11-26(12-9-24)27-13-16-29(17-14-27)41-20-4-7-34(39)40/h1-3,5-6,8-14,16-17,19,28,30-32H,4,7,15,18,20-23H2,(H,39,40)/b19-10+/t28?,30?,31-,32?/m0/s1. The normalized spacial score (nSPS) is 22.6. The smallest absolute Gasteiger partial charge is 0.303 e. The van der Waals surface area contributed by atoms with Gasteiger partial charge in [-0.15, -0.1) is 23.2 Å². The van der Waals surface area contributed by atoms with Crippen molar-refractivity contribution < 1.29 is 14.6 Å². The first-order valence-electron chi connectivity index (χ1n) is 14.3. The molecule has 5 nitrogen and oxygen atoms in total. The summed E-state index contributed by atoms with van der Waals surface area (Å²) in [4.78, 5) is 18.2. The maximum Gasteiger partial charge on any atom is 0.303 e. The monoisotopic (exact) mass is 590 g/mol. The molecule has 1 aliphatic carbocycles. The van der Waals surface area contributed by atoms with Crippen molar-refractivity contribution in [1.29, 1.82) is 0 Å². The van der Waals surface area contributed by atoms with Crippen molar-refractivity contribution in [3.05, 3.63) is 96.1 Å². The van der Waals surface area contributed by atoms with E-state index in [0.29, 0.717) is 18.9 Å². The van der Waals surface area contributed by atoms with E-state index in [2.05, 4.69) is 65.6 Å². The molecule has 5 rings (SSSR count). The second-order valence-corrected chi connectivity index (χ2v) is 12.0. The van der Waals surface area contributed by atoms with Crippen LogP contribution in [-0.2, 0) is 11.3 Å². The molecule has 1 N–H and O–H groups in total. The summed E-state index contributed by atoms with van der Waals surface area (Å²) >= 11 is 13.2. The Bertz CT molecular complexity index is 1340. The van der Waals surface area contributed by atoms with Crippen molar-refractivity contribution in [1.82, 2.24) is 4.90 Å². The first-order valence-corrected chi connectivity index (χ1v) is 15.2. The molecule has 7 heteroatoms. The Balaban J connectivity index is 1.25. The number of benzene rings is 3. The summed E-state index contributed by atoms with van der Waals surface area (Å²) in [6.45, 7) is 2.08. The number of ether oxygens (including phenoxy) is 1. The van der Waals surface area contributed by atoms with Crippen LogP contribution in [0.25, 0.3) is 17.2 Å². The van der Waals surface area contributed by atoms with E-state index in [1.54, 1.807) is 0 Å². The molecule has 3 aromatic rings. The van der Waals surface area contributed by atoms with Crippen molar-refractivity contribution in [2.45, 2.75) is 55.4 Å². The molecule has 0 radical (unpaired) electrons. The maximum absolute atomic E-state index is 10.6. The lowest BCUT2D eigenvalue weighted by Gasteiger charge is -2.33. The van der Waals surface area contributed by atoms with E-state index in [0.717, 1.165) is 60.6 Å². The molecule has 1 aliphatic heterocycles. The van der Waals surface area contributed by atoms with Crippen LogP contribution in [0.3, 0.4) is 0 Å². The zero-order chi connectivity index (χ0) is 28.6. The van der Waals surface area contributed by atoms with Gasteiger partial charge in [0.1, 0.15) is 11.6 Å². The second-order valence-electron chi connectivity index (χ2n) is 10.8. The Labute approximate surface area is 252 Å². The minimum atomic E-state index is -0.804. The molecule has 2 aliphatic rings. The number of hydrogen-bond acceptors (Lipinski definition) is 4. The van der Waals surface area contributed by atoms with Gasteiger partial charge in [0, 0.05) is 30.3 Å². The zero-order valence-electron chi connectivity index (χ0n) is 23.0. The van der Waals surface area contributed by atoms with Crippen molar-refractivity contribution >= 4 is 41.1 Å². The van der Waals surface area contributed by atoms with Gasteiger partial charge < -0.3 is 14.7 Å². The summed E-state index contributed by atoms with van der Waals surface area (Å²) in [7, 11) is 0. The summed E-state index contributed by atoms with van der Waals surface area (Å²) < 4.78 is 5.65. The number of aliphatic carboxylic acids is 1. The third-order valence-electron chi connectivity index (χ3n) is 7.83. The van der Waals surface area contributed by atoms with Crippen LogP contribution in [0.4, 0.5) is 0 Å². The Morgan fingerprint density at radius 1 is 0.951 bits per heavy atom. The van der Waals surface area contributed by atoms with E-state index < -0.39 is 5.97 Å². The van der Waals surface area contributed by atoms with E-state index >= 15 is 0 Å². The topological polar surface area (TPSA) is 62.1 Å². The minimum Gasteiger partial charge on any atom is -0.494 e. The lowest BCUT2D eigenvalue weighted by Crippen LogP contribution is -2.37. The number of halogens is 2. The molecule has 3 unspecified atom stereocenters. The van der Waals surface area contributed by atoms with Crippen LogP contribution >= 0.6 is 23.2 Å². The zero-order valence-corrected chi connectivity index (χ0v) is 24.6. The summed E-state index contributed by atoms with van der Waals surface area (Å²) in [5.74, 6) is 1.28. The van der Waals surface area contributed by atoms with Gasteiger partial charge in [-0.25, -0.2) is 0 Å². The molecule has 41 heavy (non-hydrogen) atoms. The molecule has 1 heterocycles. The first-order chi connectivity index (χ1) is 19.9. The van der Waals surface area contributed by atoms with Crippen LogP contribution in [0.15, 0.2) is 89.9 Å². The lowest BCUT2D eigenvalue weighted by atomic mass is 9.83. The summed E-state index contributed by atoms with van der Waals surface area (Å²) in [5.41, 5.74) is 4.59. The SMILES string of the molecule is O=C(O)CCCOc1ccc(-c2ccc(/C=C/C3=NC(C4CCC(Cl)C[C@@H]4Cl)CN3Cc3ccccc3)cc2)cc1. The third-order valence-corrected chi connectivity index (χ3v) is 8.72. The third kappa shape index (κ3) is 8.15. The van der Waals surface area contributed by atoms with Crippen LogP contribution in [-0.4, -0.2) is 51.8 Å². The first kappa shape index (κ1) is 29.2. The molecule has 0 bridgehead atoms. The van der Waals surface area contributed by atoms with Crippen molar-refractivity contribution in [2.24, 2.45) is 10.9 Å². The van der Waals surface area contributed by atoms with Gasteiger partial charge in [-0.1, -0.05) is 72.8 Å². The lowest BCUT2D eigenvalue weighted by molar-refractivity contribution is -0.137. The fourth-order valence-corrected chi connectivity index (χ4v) is 6.50. The molecule has 1 fully saturated rings. The second kappa shape index (κ2) is 14.1. The molecule has 214 valence electrons. The van der Waals surface area contributed by atoms with Gasteiger partial charge in [0.2, 0.25) is 0 Å². The summed E-state index contributed by atoms with van der Waals surface area (Å²) in [6, 6.07) is 27.1. The van der Waals surface area contributed by atoms with Crippen LogP contribution in [0.2, 0.25) is 0 Å². The van der Waals surface area contributed by atoms with E-state index in [4.69, 9.17) is 38.0 Å². The van der Waals surface area contributed by atoms with Gasteiger partial charge in [0.05, 0.1) is 12.6 Å². The van der Waals surface area contributed by atoms with Crippen LogP contribution in [0.5, 0.6) is 5.75 Å². The van der Waals surface area contributed by atoms with Gasteiger partial charge in [-0.05, 0) is 72.1 Å². The average molecular weight is 592 g/mol. The van der Waals surface area contributed by atoms with Crippen molar-refractivity contribution in [3.8, 4) is 16.9 Å². The van der Waals surface area contributed by atoms with Gasteiger partial charge in [-0.2, -0.15) is 0 Å². The maximum atomic E-state index is 10.6. The number of amidine groups is 1. The predicted molar refractivity (Wildman–Crippen MR) is 168 cm³/mol. The minimum absolute atomic E-state index is 0.0620. The van der Waals surface area contributed by atoms with Gasteiger partial charge in [0.25, 0.3) is 0 Å². The number of aliphatic imine (C=N–C) groups is 1. The van der Waals surface area contributed by atoms with E-state index in [1.807, 2.05) is 30.3 Å². The number of carbonyl (C=O) groups is 1. The fraction of sp³-hybridized carbons (Fsp3) is 0.353. The Kier molecular flexibility index (Phi) is 10.0. The summed E-state index contributed by atoms with van der Waals surface area (Å²) in [6.07, 6.45) is 7.73. The van der Waals surface area contributed by atoms with Gasteiger partial charge >= 0.3 is 5.97 Å².